The molecule has 0 amide bonds. The molecule has 1 saturated heterocycles. The number of ether oxygens (including phenoxy) is 2. The molecule has 0 saturated carbocycles. The lowest BCUT2D eigenvalue weighted by Gasteiger charge is -2.39. The summed E-state index contributed by atoms with van der Waals surface area (Å²) < 4.78 is 10.7. The number of rotatable bonds is 5. The normalized spacial score (nSPS) is 18.1. The third-order valence-corrected chi connectivity index (χ3v) is 4.65. The van der Waals surface area contributed by atoms with E-state index >= 15 is 0 Å². The summed E-state index contributed by atoms with van der Waals surface area (Å²) in [5.41, 5.74) is 1.49. The molecular weight excluding hydrogens is 258 g/mol. The molecule has 0 N–H and O–H groups in total. The van der Waals surface area contributed by atoms with Gasteiger partial charge in [0.1, 0.15) is 5.75 Å². The summed E-state index contributed by atoms with van der Waals surface area (Å²) in [4.78, 5) is 2.31. The Labute approximate surface area is 121 Å². The molecule has 1 aromatic rings. The Morgan fingerprint density at radius 1 is 1.26 bits per heavy atom. The number of hydrogen-bond acceptors (Lipinski definition) is 4. The van der Waals surface area contributed by atoms with Crippen molar-refractivity contribution in [2.24, 2.45) is 5.41 Å². The summed E-state index contributed by atoms with van der Waals surface area (Å²) in [7, 11) is 3.83. The second-order valence-electron chi connectivity index (χ2n) is 5.32. The maximum absolute atomic E-state index is 5.48. The van der Waals surface area contributed by atoms with Gasteiger partial charge in [0.05, 0.1) is 7.11 Å². The molecule has 106 valence electrons. The number of benzene rings is 1. The van der Waals surface area contributed by atoms with Gasteiger partial charge in [-0.25, -0.2) is 0 Å². The van der Waals surface area contributed by atoms with E-state index in [1.165, 1.54) is 5.69 Å². The van der Waals surface area contributed by atoms with E-state index in [0.717, 1.165) is 44.1 Å². The second kappa shape index (κ2) is 6.53. The zero-order chi connectivity index (χ0) is 13.7. The molecule has 1 fully saturated rings. The molecule has 19 heavy (non-hydrogen) atoms. The predicted octanol–water partition coefficient (Wildman–Crippen LogP) is 2.86. The van der Waals surface area contributed by atoms with E-state index in [1.807, 2.05) is 12.1 Å². The zero-order valence-electron chi connectivity index (χ0n) is 11.8. The van der Waals surface area contributed by atoms with E-state index in [4.69, 9.17) is 9.47 Å². The number of anilines is 1. The van der Waals surface area contributed by atoms with Gasteiger partial charge in [-0.05, 0) is 42.9 Å². The quantitative estimate of drug-likeness (QED) is 0.839. The van der Waals surface area contributed by atoms with Gasteiger partial charge in [0.2, 0.25) is 0 Å². The second-order valence-corrected chi connectivity index (χ2v) is 5.64. The molecule has 0 aliphatic carbocycles. The van der Waals surface area contributed by atoms with Crippen LogP contribution < -0.4 is 9.64 Å². The SMILES string of the molecule is COc1ccc(N(C)CC2(CS)CCOCC2)cc1. The van der Waals surface area contributed by atoms with Gasteiger partial charge in [-0.1, -0.05) is 0 Å². The van der Waals surface area contributed by atoms with Crippen LogP contribution in [0.5, 0.6) is 5.75 Å². The van der Waals surface area contributed by atoms with Crippen LogP contribution >= 0.6 is 12.6 Å². The van der Waals surface area contributed by atoms with Crippen LogP contribution in [-0.4, -0.2) is 39.7 Å². The highest BCUT2D eigenvalue weighted by Crippen LogP contribution is 2.33. The molecular formula is C15H23NO2S. The van der Waals surface area contributed by atoms with Gasteiger partial charge in [0, 0.05) is 37.9 Å². The molecule has 3 nitrogen and oxygen atoms in total. The van der Waals surface area contributed by atoms with Crippen LogP contribution in [0.1, 0.15) is 12.8 Å². The van der Waals surface area contributed by atoms with Crippen molar-refractivity contribution in [2.45, 2.75) is 12.8 Å². The van der Waals surface area contributed by atoms with E-state index in [2.05, 4.69) is 36.7 Å². The summed E-state index contributed by atoms with van der Waals surface area (Å²) in [6.07, 6.45) is 2.19. The lowest BCUT2D eigenvalue weighted by molar-refractivity contribution is 0.0301. The molecule has 1 heterocycles. The summed E-state index contributed by atoms with van der Waals surface area (Å²) in [6, 6.07) is 8.21. The number of thiol groups is 1. The lowest BCUT2D eigenvalue weighted by atomic mass is 9.81. The number of hydrogen-bond donors (Lipinski definition) is 1. The van der Waals surface area contributed by atoms with E-state index in [0.29, 0.717) is 0 Å². The topological polar surface area (TPSA) is 21.7 Å². The molecule has 0 unspecified atom stereocenters. The highest BCUT2D eigenvalue weighted by Gasteiger charge is 2.32. The smallest absolute Gasteiger partial charge is 0.119 e. The number of methoxy groups -OCH3 is 1. The summed E-state index contributed by atoms with van der Waals surface area (Å²) in [5.74, 6) is 1.81. The molecule has 0 radical (unpaired) electrons. The summed E-state index contributed by atoms with van der Waals surface area (Å²) >= 11 is 4.57. The Kier molecular flexibility index (Phi) is 4.99. The molecule has 2 rings (SSSR count). The average molecular weight is 281 g/mol. The largest absolute Gasteiger partial charge is 0.497 e. The van der Waals surface area contributed by atoms with Gasteiger partial charge < -0.3 is 14.4 Å². The standard InChI is InChI=1S/C15H23NO2S/c1-16(13-3-5-14(17-2)6-4-13)11-15(12-19)7-9-18-10-8-15/h3-6,19H,7-12H2,1-2H3. The lowest BCUT2D eigenvalue weighted by Crippen LogP contribution is -2.41. The molecule has 0 spiro atoms. The third-order valence-electron chi connectivity index (χ3n) is 3.97. The van der Waals surface area contributed by atoms with Gasteiger partial charge in [-0.3, -0.25) is 0 Å². The minimum Gasteiger partial charge on any atom is -0.497 e. The van der Waals surface area contributed by atoms with Crippen LogP contribution in [-0.2, 0) is 4.74 Å². The highest BCUT2D eigenvalue weighted by molar-refractivity contribution is 7.80. The van der Waals surface area contributed by atoms with Crippen molar-refractivity contribution >= 4 is 18.3 Å². The maximum atomic E-state index is 5.48. The van der Waals surface area contributed by atoms with Gasteiger partial charge in [-0.2, -0.15) is 12.6 Å². The molecule has 0 atom stereocenters. The molecule has 1 aliphatic heterocycles. The first kappa shape index (κ1) is 14.5. The molecule has 1 aromatic carbocycles. The van der Waals surface area contributed by atoms with Gasteiger partial charge in [-0.15, -0.1) is 0 Å². The van der Waals surface area contributed by atoms with Gasteiger partial charge in [0.15, 0.2) is 0 Å². The minimum atomic E-state index is 0.274. The van der Waals surface area contributed by atoms with Crippen LogP contribution in [0.4, 0.5) is 5.69 Å². The first-order chi connectivity index (χ1) is 9.19. The fourth-order valence-corrected chi connectivity index (χ4v) is 3.02. The highest BCUT2D eigenvalue weighted by atomic mass is 32.1. The summed E-state index contributed by atoms with van der Waals surface area (Å²) in [5, 5.41) is 0. The Morgan fingerprint density at radius 3 is 2.42 bits per heavy atom. The van der Waals surface area contributed by atoms with E-state index in [1.54, 1.807) is 7.11 Å². The molecule has 0 bridgehead atoms. The van der Waals surface area contributed by atoms with Crippen LogP contribution in [0, 0.1) is 5.41 Å². The number of nitrogens with zero attached hydrogens (tertiary/aromatic N) is 1. The first-order valence-corrected chi connectivity index (χ1v) is 7.36. The predicted molar refractivity (Wildman–Crippen MR) is 82.6 cm³/mol. The van der Waals surface area contributed by atoms with Crippen molar-refractivity contribution in [1.82, 2.24) is 0 Å². The average Bonchev–Trinajstić information content (AvgIpc) is 2.48. The van der Waals surface area contributed by atoms with Crippen LogP contribution in [0.25, 0.3) is 0 Å². The van der Waals surface area contributed by atoms with Crippen molar-refractivity contribution in [1.29, 1.82) is 0 Å². The van der Waals surface area contributed by atoms with Crippen molar-refractivity contribution < 1.29 is 9.47 Å². The van der Waals surface area contributed by atoms with Crippen molar-refractivity contribution in [2.75, 3.05) is 44.6 Å². The van der Waals surface area contributed by atoms with E-state index in [9.17, 15) is 0 Å². The van der Waals surface area contributed by atoms with Gasteiger partial charge >= 0.3 is 0 Å². The molecule has 0 aromatic heterocycles. The van der Waals surface area contributed by atoms with Gasteiger partial charge in [0.25, 0.3) is 0 Å². The van der Waals surface area contributed by atoms with E-state index in [-0.39, 0.29) is 5.41 Å². The Balaban J connectivity index is 2.03. The summed E-state index contributed by atoms with van der Waals surface area (Å²) in [6.45, 7) is 2.74. The fraction of sp³-hybridized carbons (Fsp3) is 0.600. The Morgan fingerprint density at radius 2 is 1.89 bits per heavy atom. The molecule has 4 heteroatoms. The van der Waals surface area contributed by atoms with Crippen LogP contribution in [0.2, 0.25) is 0 Å². The maximum Gasteiger partial charge on any atom is 0.119 e. The Hall–Kier alpha value is -0.870. The zero-order valence-corrected chi connectivity index (χ0v) is 12.7. The minimum absolute atomic E-state index is 0.274. The monoisotopic (exact) mass is 281 g/mol. The van der Waals surface area contributed by atoms with Crippen molar-refractivity contribution in [3.63, 3.8) is 0 Å². The van der Waals surface area contributed by atoms with Crippen molar-refractivity contribution in [3.05, 3.63) is 24.3 Å². The Bertz CT molecular complexity index is 388. The van der Waals surface area contributed by atoms with Crippen LogP contribution in [0.3, 0.4) is 0 Å². The van der Waals surface area contributed by atoms with E-state index < -0.39 is 0 Å². The third kappa shape index (κ3) is 3.57. The fourth-order valence-electron chi connectivity index (χ4n) is 2.60. The first-order valence-electron chi connectivity index (χ1n) is 6.73. The molecule has 1 aliphatic rings. The van der Waals surface area contributed by atoms with Crippen molar-refractivity contribution in [3.8, 4) is 5.75 Å². The van der Waals surface area contributed by atoms with Crippen LogP contribution in [0.15, 0.2) is 24.3 Å².